The zero-order chi connectivity index (χ0) is 23.1. The smallest absolute Gasteiger partial charge is 0.326 e. The number of rotatable bonds is 10. The van der Waals surface area contributed by atoms with Crippen molar-refractivity contribution < 1.29 is 29.0 Å². The van der Waals surface area contributed by atoms with Gasteiger partial charge in [-0.1, -0.05) is 50.3 Å². The first-order valence-corrected chi connectivity index (χ1v) is 10.9. The average molecular weight is 467 g/mol. The maximum Gasteiger partial charge on any atom is 0.326 e. The van der Waals surface area contributed by atoms with Crippen molar-refractivity contribution in [2.24, 2.45) is 5.92 Å². The van der Waals surface area contributed by atoms with Crippen LogP contribution < -0.4 is 14.8 Å². The van der Waals surface area contributed by atoms with E-state index >= 15 is 0 Å². The molecule has 10 heteroatoms. The van der Waals surface area contributed by atoms with E-state index in [9.17, 15) is 19.5 Å². The molecule has 1 aliphatic heterocycles. The normalized spacial score (nSPS) is 16.9. The Hall–Kier alpha value is -2.59. The Morgan fingerprint density at radius 2 is 1.97 bits per heavy atom. The van der Waals surface area contributed by atoms with E-state index in [0.717, 1.165) is 17.3 Å². The first kappa shape index (κ1) is 24.7. The average Bonchev–Trinajstić information content (AvgIpc) is 3.01. The Kier molecular flexibility index (Phi) is 8.88. The molecule has 2 unspecified atom stereocenters. The third-order valence-electron chi connectivity index (χ3n) is 4.94. The number of carbonyl (C=O) groups is 3. The standard InChI is InChI=1S/C21H26N2O6S2/c1-5-12(2)18(20(26)27)22-17(24)8-9-23-19(25)16(31-21(23)30)11-13-6-7-14(28-3)15(10-13)29-4/h6-7,10-12,18H,5,8-9H2,1-4H3,(H,22,24)(H,26,27)/b16-11-. The van der Waals surface area contributed by atoms with Gasteiger partial charge in [0, 0.05) is 13.0 Å². The molecule has 2 rings (SSSR count). The molecule has 1 fully saturated rings. The molecule has 0 aromatic heterocycles. The van der Waals surface area contributed by atoms with Gasteiger partial charge in [-0.3, -0.25) is 14.5 Å². The van der Waals surface area contributed by atoms with Crippen LogP contribution in [-0.4, -0.2) is 58.9 Å². The molecule has 1 saturated heterocycles. The van der Waals surface area contributed by atoms with Gasteiger partial charge in [-0.15, -0.1) is 0 Å². The van der Waals surface area contributed by atoms with Crippen LogP contribution in [0.4, 0.5) is 0 Å². The van der Waals surface area contributed by atoms with Crippen LogP contribution in [0.15, 0.2) is 23.1 Å². The summed E-state index contributed by atoms with van der Waals surface area (Å²) in [6.07, 6.45) is 2.27. The highest BCUT2D eigenvalue weighted by atomic mass is 32.2. The van der Waals surface area contributed by atoms with E-state index in [1.165, 1.54) is 12.0 Å². The van der Waals surface area contributed by atoms with Gasteiger partial charge in [-0.25, -0.2) is 4.79 Å². The maximum absolute atomic E-state index is 12.8. The van der Waals surface area contributed by atoms with E-state index in [0.29, 0.717) is 27.1 Å². The van der Waals surface area contributed by atoms with Crippen molar-refractivity contribution in [1.29, 1.82) is 0 Å². The molecule has 1 aliphatic rings. The van der Waals surface area contributed by atoms with Gasteiger partial charge in [0.15, 0.2) is 11.5 Å². The summed E-state index contributed by atoms with van der Waals surface area (Å²) in [6.45, 7) is 3.70. The number of thiocarbonyl (C=S) groups is 1. The van der Waals surface area contributed by atoms with Crippen molar-refractivity contribution in [3.05, 3.63) is 28.7 Å². The molecule has 0 spiro atoms. The minimum atomic E-state index is -1.08. The molecule has 0 bridgehead atoms. The van der Waals surface area contributed by atoms with Crippen LogP contribution in [0.1, 0.15) is 32.3 Å². The predicted molar refractivity (Wildman–Crippen MR) is 123 cm³/mol. The number of ether oxygens (including phenoxy) is 2. The molecule has 2 N–H and O–H groups in total. The monoisotopic (exact) mass is 466 g/mol. The van der Waals surface area contributed by atoms with Gasteiger partial charge in [0.25, 0.3) is 5.91 Å². The van der Waals surface area contributed by atoms with Crippen LogP contribution in [-0.2, 0) is 14.4 Å². The largest absolute Gasteiger partial charge is 0.493 e. The zero-order valence-electron chi connectivity index (χ0n) is 17.8. The van der Waals surface area contributed by atoms with Gasteiger partial charge < -0.3 is 19.9 Å². The highest BCUT2D eigenvalue weighted by Gasteiger charge is 2.33. The second-order valence-electron chi connectivity index (χ2n) is 6.97. The van der Waals surface area contributed by atoms with E-state index in [-0.39, 0.29) is 24.8 Å². The number of benzene rings is 1. The topological polar surface area (TPSA) is 105 Å². The SMILES string of the molecule is CCC(C)C(NC(=O)CCN1C(=O)/C(=C/c2ccc(OC)c(OC)c2)SC1=S)C(=O)O. The number of hydrogen-bond acceptors (Lipinski definition) is 7. The summed E-state index contributed by atoms with van der Waals surface area (Å²) < 4.78 is 10.8. The Morgan fingerprint density at radius 3 is 2.55 bits per heavy atom. The number of nitrogens with zero attached hydrogens (tertiary/aromatic N) is 1. The zero-order valence-corrected chi connectivity index (χ0v) is 19.5. The summed E-state index contributed by atoms with van der Waals surface area (Å²) in [5.41, 5.74) is 0.744. The molecule has 0 saturated carbocycles. The second kappa shape index (κ2) is 11.1. The summed E-state index contributed by atoms with van der Waals surface area (Å²) in [7, 11) is 3.07. The second-order valence-corrected chi connectivity index (χ2v) is 8.64. The van der Waals surface area contributed by atoms with Crippen LogP contribution in [0.5, 0.6) is 11.5 Å². The van der Waals surface area contributed by atoms with Gasteiger partial charge in [0.2, 0.25) is 5.91 Å². The summed E-state index contributed by atoms with van der Waals surface area (Å²) in [5, 5.41) is 11.8. The molecule has 0 aliphatic carbocycles. The van der Waals surface area contributed by atoms with Gasteiger partial charge in [-0.2, -0.15) is 0 Å². The highest BCUT2D eigenvalue weighted by molar-refractivity contribution is 8.26. The van der Waals surface area contributed by atoms with Gasteiger partial charge >= 0.3 is 5.97 Å². The van der Waals surface area contributed by atoms with E-state index in [1.54, 1.807) is 38.3 Å². The molecule has 8 nitrogen and oxygen atoms in total. The Balaban J connectivity index is 2.04. The molecular weight excluding hydrogens is 440 g/mol. The van der Waals surface area contributed by atoms with E-state index in [2.05, 4.69) is 5.32 Å². The summed E-state index contributed by atoms with van der Waals surface area (Å²) in [5.74, 6) is -0.901. The van der Waals surface area contributed by atoms with Crippen LogP contribution >= 0.6 is 24.0 Å². The number of nitrogens with one attached hydrogen (secondary N) is 1. The van der Waals surface area contributed by atoms with Gasteiger partial charge in [0.1, 0.15) is 10.4 Å². The highest BCUT2D eigenvalue weighted by Crippen LogP contribution is 2.34. The molecule has 0 radical (unpaired) electrons. The molecule has 31 heavy (non-hydrogen) atoms. The number of amides is 2. The number of methoxy groups -OCH3 is 2. The minimum absolute atomic E-state index is 0.0453. The summed E-state index contributed by atoms with van der Waals surface area (Å²) >= 11 is 6.45. The van der Waals surface area contributed by atoms with Crippen LogP contribution in [0.3, 0.4) is 0 Å². The summed E-state index contributed by atoms with van der Waals surface area (Å²) in [4.78, 5) is 38.2. The number of thioether (sulfide) groups is 1. The molecule has 1 aromatic carbocycles. The first-order valence-electron chi connectivity index (χ1n) is 9.71. The number of aliphatic carboxylic acids is 1. The first-order chi connectivity index (χ1) is 14.7. The maximum atomic E-state index is 12.8. The number of hydrogen-bond donors (Lipinski definition) is 2. The van der Waals surface area contributed by atoms with Crippen molar-refractivity contribution in [1.82, 2.24) is 10.2 Å². The quantitative estimate of drug-likeness (QED) is 0.401. The number of carboxylic acid groups (broad SMARTS) is 1. The molecule has 1 aromatic rings. The van der Waals surface area contributed by atoms with E-state index < -0.39 is 17.9 Å². The fourth-order valence-corrected chi connectivity index (χ4v) is 4.24. The lowest BCUT2D eigenvalue weighted by atomic mass is 9.99. The number of carboxylic acids is 1. The van der Waals surface area contributed by atoms with Crippen LogP contribution in [0.25, 0.3) is 6.08 Å². The van der Waals surface area contributed by atoms with Crippen LogP contribution in [0.2, 0.25) is 0 Å². The molecule has 168 valence electrons. The fourth-order valence-electron chi connectivity index (χ4n) is 2.93. The van der Waals surface area contributed by atoms with E-state index in [4.69, 9.17) is 21.7 Å². The fraction of sp³-hybridized carbons (Fsp3) is 0.429. The van der Waals surface area contributed by atoms with Crippen molar-refractivity contribution >= 4 is 52.2 Å². The Bertz CT molecular complexity index is 902. The Labute approximate surface area is 191 Å². The lowest BCUT2D eigenvalue weighted by Gasteiger charge is -2.21. The summed E-state index contributed by atoms with van der Waals surface area (Å²) in [6, 6.07) is 4.32. The van der Waals surface area contributed by atoms with Crippen molar-refractivity contribution in [3.8, 4) is 11.5 Å². The minimum Gasteiger partial charge on any atom is -0.493 e. The van der Waals surface area contributed by atoms with Crippen molar-refractivity contribution in [2.45, 2.75) is 32.7 Å². The third kappa shape index (κ3) is 6.20. The van der Waals surface area contributed by atoms with Gasteiger partial charge in [0.05, 0.1) is 19.1 Å². The Morgan fingerprint density at radius 1 is 1.29 bits per heavy atom. The molecule has 1 heterocycles. The van der Waals surface area contributed by atoms with Crippen molar-refractivity contribution in [2.75, 3.05) is 20.8 Å². The molecular formula is C21H26N2O6S2. The predicted octanol–water partition coefficient (Wildman–Crippen LogP) is 2.91. The third-order valence-corrected chi connectivity index (χ3v) is 6.31. The van der Waals surface area contributed by atoms with Crippen molar-refractivity contribution in [3.63, 3.8) is 0 Å². The van der Waals surface area contributed by atoms with Crippen LogP contribution in [0, 0.1) is 5.92 Å². The lowest BCUT2D eigenvalue weighted by molar-refractivity contribution is -0.143. The lowest BCUT2D eigenvalue weighted by Crippen LogP contribution is -2.46. The number of carbonyl (C=O) groups excluding carboxylic acids is 2. The van der Waals surface area contributed by atoms with E-state index in [1.807, 2.05) is 6.92 Å². The molecule has 2 atom stereocenters. The van der Waals surface area contributed by atoms with Gasteiger partial charge in [-0.05, 0) is 29.7 Å². The molecule has 2 amide bonds.